The molecule has 0 aliphatic heterocycles. The quantitative estimate of drug-likeness (QED) is 0.850. The highest BCUT2D eigenvalue weighted by atomic mass is 16.5. The molecule has 2 rings (SSSR count). The summed E-state index contributed by atoms with van der Waals surface area (Å²) in [5.74, 6) is 1.60. The summed E-state index contributed by atoms with van der Waals surface area (Å²) in [4.78, 5) is 4.04. The topological polar surface area (TPSA) is 34.1 Å². The minimum absolute atomic E-state index is 0.331. The van der Waals surface area contributed by atoms with Gasteiger partial charge in [-0.3, -0.25) is 4.98 Å². The van der Waals surface area contributed by atoms with Gasteiger partial charge in [0.25, 0.3) is 0 Å². The summed E-state index contributed by atoms with van der Waals surface area (Å²) in [6.07, 6.45) is 4.58. The van der Waals surface area contributed by atoms with Crippen molar-refractivity contribution in [3.05, 3.63) is 54.4 Å². The molecule has 0 aliphatic rings. The molecule has 3 nitrogen and oxygen atoms in total. The van der Waals surface area contributed by atoms with Crippen LogP contribution in [0.5, 0.6) is 11.5 Å². The fourth-order valence-corrected chi connectivity index (χ4v) is 1.87. The molecule has 2 aromatic rings. The minimum atomic E-state index is 0.331. The highest BCUT2D eigenvalue weighted by Gasteiger charge is 2.05. The fraction of sp³-hybridized carbons (Fsp3) is 0.312. The molecule has 1 aromatic heterocycles. The van der Waals surface area contributed by atoms with Crippen molar-refractivity contribution < 1.29 is 4.74 Å². The van der Waals surface area contributed by atoms with Gasteiger partial charge in [-0.25, -0.2) is 0 Å². The van der Waals surface area contributed by atoms with Crippen LogP contribution in [0.15, 0.2) is 48.8 Å². The number of rotatable bonds is 6. The fourth-order valence-electron chi connectivity index (χ4n) is 1.87. The summed E-state index contributed by atoms with van der Waals surface area (Å²) >= 11 is 0. The molecule has 1 N–H and O–H groups in total. The van der Waals surface area contributed by atoms with Gasteiger partial charge in [-0.2, -0.15) is 0 Å². The van der Waals surface area contributed by atoms with Crippen molar-refractivity contribution in [3.8, 4) is 11.5 Å². The maximum Gasteiger partial charge on any atom is 0.145 e. The molecule has 1 unspecified atom stereocenters. The van der Waals surface area contributed by atoms with Gasteiger partial charge in [0.1, 0.15) is 11.5 Å². The lowest BCUT2D eigenvalue weighted by Crippen LogP contribution is -2.19. The first-order valence-corrected chi connectivity index (χ1v) is 6.71. The maximum atomic E-state index is 5.78. The average Bonchev–Trinajstić information content (AvgIpc) is 2.46. The van der Waals surface area contributed by atoms with Gasteiger partial charge < -0.3 is 10.1 Å². The smallest absolute Gasteiger partial charge is 0.145 e. The molecule has 0 fully saturated rings. The average molecular weight is 256 g/mol. The van der Waals surface area contributed by atoms with E-state index in [0.717, 1.165) is 24.5 Å². The molecule has 100 valence electrons. The lowest BCUT2D eigenvalue weighted by molar-refractivity contribution is 0.477. The molecule has 0 radical (unpaired) electrons. The normalized spacial score (nSPS) is 12.1. The second-order valence-electron chi connectivity index (χ2n) is 4.54. The Morgan fingerprint density at radius 2 is 2.05 bits per heavy atom. The lowest BCUT2D eigenvalue weighted by atomic mass is 10.1. The standard InChI is InChI=1S/C16H20N2O/c1-3-9-18-13(2)14-6-4-7-15(11-14)19-16-8-5-10-17-12-16/h4-8,10-13,18H,3,9H2,1-2H3. The first-order valence-electron chi connectivity index (χ1n) is 6.71. The van der Waals surface area contributed by atoms with Gasteiger partial charge in [-0.15, -0.1) is 0 Å². The van der Waals surface area contributed by atoms with Crippen LogP contribution in [0.4, 0.5) is 0 Å². The number of nitrogens with one attached hydrogen (secondary N) is 1. The molecule has 3 heteroatoms. The molecule has 19 heavy (non-hydrogen) atoms. The molecule has 0 aliphatic carbocycles. The van der Waals surface area contributed by atoms with Gasteiger partial charge in [0.05, 0.1) is 6.20 Å². The van der Waals surface area contributed by atoms with E-state index in [4.69, 9.17) is 4.74 Å². The maximum absolute atomic E-state index is 5.78. The van der Waals surface area contributed by atoms with Gasteiger partial charge in [0.2, 0.25) is 0 Å². The van der Waals surface area contributed by atoms with Gasteiger partial charge >= 0.3 is 0 Å². The predicted molar refractivity (Wildman–Crippen MR) is 77.5 cm³/mol. The Hall–Kier alpha value is -1.87. The molecule has 0 bridgehead atoms. The molecule has 1 heterocycles. The van der Waals surface area contributed by atoms with Crippen molar-refractivity contribution in [1.29, 1.82) is 0 Å². The van der Waals surface area contributed by atoms with Gasteiger partial charge in [-0.1, -0.05) is 19.1 Å². The van der Waals surface area contributed by atoms with Crippen LogP contribution in [-0.4, -0.2) is 11.5 Å². The predicted octanol–water partition coefficient (Wildman–Crippen LogP) is 3.93. The Morgan fingerprint density at radius 1 is 1.21 bits per heavy atom. The van der Waals surface area contributed by atoms with Crippen LogP contribution >= 0.6 is 0 Å². The number of pyridine rings is 1. The van der Waals surface area contributed by atoms with E-state index in [2.05, 4.69) is 36.3 Å². The van der Waals surface area contributed by atoms with E-state index in [0.29, 0.717) is 6.04 Å². The number of hydrogen-bond acceptors (Lipinski definition) is 3. The summed E-state index contributed by atoms with van der Waals surface area (Å²) in [5, 5.41) is 3.47. The second kappa shape index (κ2) is 6.90. The zero-order chi connectivity index (χ0) is 13.5. The van der Waals surface area contributed by atoms with Crippen molar-refractivity contribution >= 4 is 0 Å². The Morgan fingerprint density at radius 3 is 2.79 bits per heavy atom. The van der Waals surface area contributed by atoms with E-state index in [1.807, 2.05) is 24.3 Å². The highest BCUT2D eigenvalue weighted by molar-refractivity contribution is 5.34. The molecular formula is C16H20N2O. The van der Waals surface area contributed by atoms with Crippen molar-refractivity contribution in [2.75, 3.05) is 6.54 Å². The third-order valence-electron chi connectivity index (χ3n) is 2.93. The van der Waals surface area contributed by atoms with Crippen LogP contribution in [0, 0.1) is 0 Å². The summed E-state index contributed by atoms with van der Waals surface area (Å²) in [6, 6.07) is 12.3. The first kappa shape index (κ1) is 13.6. The van der Waals surface area contributed by atoms with Crippen molar-refractivity contribution in [2.24, 2.45) is 0 Å². The minimum Gasteiger partial charge on any atom is -0.456 e. The Labute approximate surface area is 114 Å². The van der Waals surface area contributed by atoms with Crippen molar-refractivity contribution in [1.82, 2.24) is 10.3 Å². The lowest BCUT2D eigenvalue weighted by Gasteiger charge is -2.14. The zero-order valence-corrected chi connectivity index (χ0v) is 11.5. The van der Waals surface area contributed by atoms with E-state index >= 15 is 0 Å². The molecule has 0 saturated carbocycles. The molecule has 1 aromatic carbocycles. The number of hydrogen-bond donors (Lipinski definition) is 1. The molecule has 0 amide bonds. The monoisotopic (exact) mass is 256 g/mol. The highest BCUT2D eigenvalue weighted by Crippen LogP contribution is 2.23. The molecule has 1 atom stereocenters. The molecular weight excluding hydrogens is 236 g/mol. The van der Waals surface area contributed by atoms with Gasteiger partial charge in [0, 0.05) is 12.2 Å². The zero-order valence-electron chi connectivity index (χ0n) is 11.5. The van der Waals surface area contributed by atoms with E-state index < -0.39 is 0 Å². The molecule has 0 spiro atoms. The van der Waals surface area contributed by atoms with Crippen LogP contribution in [0.1, 0.15) is 31.9 Å². The summed E-state index contributed by atoms with van der Waals surface area (Å²) in [5.41, 5.74) is 1.23. The van der Waals surface area contributed by atoms with Crippen LogP contribution < -0.4 is 10.1 Å². The largest absolute Gasteiger partial charge is 0.456 e. The van der Waals surface area contributed by atoms with E-state index in [9.17, 15) is 0 Å². The summed E-state index contributed by atoms with van der Waals surface area (Å²) in [6.45, 7) is 5.36. The summed E-state index contributed by atoms with van der Waals surface area (Å²) < 4.78 is 5.78. The Balaban J connectivity index is 2.06. The number of ether oxygens (including phenoxy) is 1. The van der Waals surface area contributed by atoms with Crippen molar-refractivity contribution in [2.45, 2.75) is 26.3 Å². The number of benzene rings is 1. The second-order valence-corrected chi connectivity index (χ2v) is 4.54. The van der Waals surface area contributed by atoms with Gasteiger partial charge in [0.15, 0.2) is 0 Å². The number of nitrogens with zero attached hydrogens (tertiary/aromatic N) is 1. The third kappa shape index (κ3) is 4.07. The van der Waals surface area contributed by atoms with Gasteiger partial charge in [-0.05, 0) is 49.7 Å². The summed E-state index contributed by atoms with van der Waals surface area (Å²) in [7, 11) is 0. The Kier molecular flexibility index (Phi) is 4.93. The number of aromatic nitrogens is 1. The SMILES string of the molecule is CCCNC(C)c1cccc(Oc2cccnc2)c1. The van der Waals surface area contributed by atoms with E-state index in [1.165, 1.54) is 5.56 Å². The van der Waals surface area contributed by atoms with Crippen LogP contribution in [0.25, 0.3) is 0 Å². The van der Waals surface area contributed by atoms with Crippen LogP contribution in [0.2, 0.25) is 0 Å². The van der Waals surface area contributed by atoms with E-state index in [-0.39, 0.29) is 0 Å². The van der Waals surface area contributed by atoms with E-state index in [1.54, 1.807) is 12.4 Å². The van der Waals surface area contributed by atoms with Crippen LogP contribution in [-0.2, 0) is 0 Å². The first-order chi connectivity index (χ1) is 9.29. The molecule has 0 saturated heterocycles. The van der Waals surface area contributed by atoms with Crippen LogP contribution in [0.3, 0.4) is 0 Å². The third-order valence-corrected chi connectivity index (χ3v) is 2.93. The Bertz CT molecular complexity index is 499. The van der Waals surface area contributed by atoms with Crippen molar-refractivity contribution in [3.63, 3.8) is 0 Å².